The van der Waals surface area contributed by atoms with Crippen LogP contribution in [-0.4, -0.2) is 45.6 Å². The number of hydrogen-bond donors (Lipinski definition) is 2. The van der Waals surface area contributed by atoms with Crippen LogP contribution in [0.2, 0.25) is 0 Å². The van der Waals surface area contributed by atoms with Crippen LogP contribution in [0.15, 0.2) is 29.3 Å². The third kappa shape index (κ3) is 4.48. The highest BCUT2D eigenvalue weighted by Gasteiger charge is 2.29. The summed E-state index contributed by atoms with van der Waals surface area (Å²) in [6.45, 7) is 9.97. The van der Waals surface area contributed by atoms with Crippen molar-refractivity contribution in [1.29, 1.82) is 0 Å². The highest BCUT2D eigenvalue weighted by atomic mass is 32.2. The van der Waals surface area contributed by atoms with E-state index in [0.29, 0.717) is 4.75 Å². The molecule has 2 heterocycles. The summed E-state index contributed by atoms with van der Waals surface area (Å²) in [5.74, 6) is 3.24. The van der Waals surface area contributed by atoms with Gasteiger partial charge in [-0.3, -0.25) is 4.99 Å². The van der Waals surface area contributed by atoms with Crippen LogP contribution in [0.4, 0.5) is 0 Å². The predicted molar refractivity (Wildman–Crippen MR) is 109 cm³/mol. The van der Waals surface area contributed by atoms with Gasteiger partial charge in [-0.15, -0.1) is 0 Å². The van der Waals surface area contributed by atoms with Crippen molar-refractivity contribution >= 4 is 28.8 Å². The van der Waals surface area contributed by atoms with Crippen molar-refractivity contribution in [1.82, 2.24) is 20.2 Å². The van der Waals surface area contributed by atoms with Gasteiger partial charge in [0.15, 0.2) is 5.96 Å². The second-order valence-corrected chi connectivity index (χ2v) is 8.51. The molecule has 1 aliphatic rings. The molecule has 0 radical (unpaired) electrons. The molecule has 1 fully saturated rings. The Balaban J connectivity index is 1.60. The molecule has 2 aromatic rings. The molecule has 0 aliphatic carbocycles. The maximum absolute atomic E-state index is 4.82. The normalized spacial score (nSPS) is 21.0. The summed E-state index contributed by atoms with van der Waals surface area (Å²) in [4.78, 5) is 9.45. The van der Waals surface area contributed by atoms with Gasteiger partial charge in [0, 0.05) is 24.4 Å². The zero-order valence-corrected chi connectivity index (χ0v) is 16.3. The van der Waals surface area contributed by atoms with E-state index >= 15 is 0 Å². The summed E-state index contributed by atoms with van der Waals surface area (Å²) in [6.07, 6.45) is 2.58. The molecule has 0 amide bonds. The first-order valence-electron chi connectivity index (χ1n) is 9.19. The molecule has 1 aromatic heterocycles. The van der Waals surface area contributed by atoms with E-state index in [9.17, 15) is 0 Å². The molecule has 6 heteroatoms. The van der Waals surface area contributed by atoms with E-state index in [0.717, 1.165) is 43.5 Å². The number of imidazole rings is 1. The summed E-state index contributed by atoms with van der Waals surface area (Å²) >= 11 is 2.05. The molecule has 2 N–H and O–H groups in total. The van der Waals surface area contributed by atoms with Crippen LogP contribution in [0.3, 0.4) is 0 Å². The molecule has 0 spiro atoms. The Morgan fingerprint density at radius 1 is 1.36 bits per heavy atom. The van der Waals surface area contributed by atoms with Gasteiger partial charge in [-0.1, -0.05) is 12.1 Å². The number of thioether (sulfide) groups is 1. The summed E-state index contributed by atoms with van der Waals surface area (Å²) in [5, 5.41) is 6.83. The van der Waals surface area contributed by atoms with Gasteiger partial charge in [0.2, 0.25) is 0 Å². The second-order valence-electron chi connectivity index (χ2n) is 6.82. The number of nitrogens with one attached hydrogen (secondary N) is 2. The molecule has 1 unspecified atom stereocenters. The van der Waals surface area contributed by atoms with Crippen molar-refractivity contribution in [2.24, 2.45) is 4.99 Å². The topological polar surface area (TPSA) is 54.2 Å². The number of nitrogens with zero attached hydrogens (tertiary/aromatic N) is 3. The fourth-order valence-corrected chi connectivity index (χ4v) is 4.54. The predicted octanol–water partition coefficient (Wildman–Crippen LogP) is 3.19. The van der Waals surface area contributed by atoms with Crippen molar-refractivity contribution < 1.29 is 0 Å². The minimum absolute atomic E-state index is 0.305. The highest BCUT2D eigenvalue weighted by Crippen LogP contribution is 2.37. The van der Waals surface area contributed by atoms with Crippen LogP contribution < -0.4 is 10.6 Å². The van der Waals surface area contributed by atoms with Crippen LogP contribution in [0.25, 0.3) is 11.0 Å². The molecule has 1 atom stereocenters. The minimum atomic E-state index is 0.305. The van der Waals surface area contributed by atoms with Gasteiger partial charge in [-0.2, -0.15) is 11.8 Å². The van der Waals surface area contributed by atoms with Gasteiger partial charge in [0.1, 0.15) is 5.82 Å². The smallest absolute Gasteiger partial charge is 0.191 e. The lowest BCUT2D eigenvalue weighted by molar-refractivity contribution is 0.611. The quantitative estimate of drug-likeness (QED) is 0.614. The Morgan fingerprint density at radius 2 is 2.20 bits per heavy atom. The Bertz CT molecular complexity index is 730. The van der Waals surface area contributed by atoms with E-state index in [2.05, 4.69) is 70.9 Å². The molecule has 25 heavy (non-hydrogen) atoms. The van der Waals surface area contributed by atoms with E-state index < -0.39 is 0 Å². The van der Waals surface area contributed by atoms with Crippen LogP contribution in [-0.2, 0) is 6.54 Å². The zero-order chi connectivity index (χ0) is 17.7. The maximum Gasteiger partial charge on any atom is 0.191 e. The molecule has 0 saturated carbocycles. The number of aryl methyl sites for hydroxylation is 1. The molecular formula is C19H29N5S. The van der Waals surface area contributed by atoms with Crippen molar-refractivity contribution in [2.45, 2.75) is 44.9 Å². The van der Waals surface area contributed by atoms with Crippen molar-refractivity contribution in [2.75, 3.05) is 25.4 Å². The molecule has 1 saturated heterocycles. The van der Waals surface area contributed by atoms with Gasteiger partial charge in [-0.25, -0.2) is 4.98 Å². The van der Waals surface area contributed by atoms with Gasteiger partial charge in [0.25, 0.3) is 0 Å². The average molecular weight is 360 g/mol. The summed E-state index contributed by atoms with van der Waals surface area (Å²) in [5.41, 5.74) is 2.25. The lowest BCUT2D eigenvalue weighted by Gasteiger charge is -2.21. The van der Waals surface area contributed by atoms with Crippen LogP contribution in [0.5, 0.6) is 0 Å². The first-order valence-corrected chi connectivity index (χ1v) is 10.2. The van der Waals surface area contributed by atoms with Crippen molar-refractivity contribution in [3.8, 4) is 0 Å². The molecule has 136 valence electrons. The largest absolute Gasteiger partial charge is 0.357 e. The van der Waals surface area contributed by atoms with E-state index in [4.69, 9.17) is 4.99 Å². The number of rotatable bonds is 6. The molecule has 1 aromatic carbocycles. The van der Waals surface area contributed by atoms with E-state index in [-0.39, 0.29) is 0 Å². The van der Waals surface area contributed by atoms with E-state index in [1.54, 1.807) is 0 Å². The first-order chi connectivity index (χ1) is 12.1. The minimum Gasteiger partial charge on any atom is -0.357 e. The van der Waals surface area contributed by atoms with Crippen LogP contribution >= 0.6 is 11.8 Å². The molecule has 0 bridgehead atoms. The Morgan fingerprint density at radius 3 is 2.96 bits per heavy atom. The molecular weight excluding hydrogens is 330 g/mol. The summed E-state index contributed by atoms with van der Waals surface area (Å²) in [6, 6.07) is 8.30. The number of para-hydroxylation sites is 2. The Labute approximate surface area is 154 Å². The number of hydrogen-bond acceptors (Lipinski definition) is 3. The summed E-state index contributed by atoms with van der Waals surface area (Å²) < 4.78 is 2.57. The van der Waals surface area contributed by atoms with Crippen molar-refractivity contribution in [3.63, 3.8) is 0 Å². The first kappa shape index (κ1) is 18.1. The van der Waals surface area contributed by atoms with E-state index in [1.807, 2.05) is 6.07 Å². The van der Waals surface area contributed by atoms with Crippen LogP contribution in [0.1, 0.15) is 32.5 Å². The second kappa shape index (κ2) is 8.13. The standard InChI is InChI=1S/C19H29N5S/c1-4-20-18(22-14-19(3)10-7-13-25-19)21-11-12-24-15(2)23-16-8-5-6-9-17(16)24/h5-6,8-9H,4,7,10-14H2,1-3H3,(H2,20,21,22). The fraction of sp³-hybridized carbons (Fsp3) is 0.579. The average Bonchev–Trinajstić information content (AvgIpc) is 3.17. The Kier molecular flexibility index (Phi) is 5.89. The Hall–Kier alpha value is -1.69. The number of fused-ring (bicyclic) bond motifs is 1. The van der Waals surface area contributed by atoms with Gasteiger partial charge < -0.3 is 15.2 Å². The van der Waals surface area contributed by atoms with Crippen molar-refractivity contribution in [3.05, 3.63) is 30.1 Å². The lowest BCUT2D eigenvalue weighted by Crippen LogP contribution is -2.40. The molecule has 3 rings (SSSR count). The third-order valence-electron chi connectivity index (χ3n) is 4.69. The van der Waals surface area contributed by atoms with Gasteiger partial charge in [-0.05, 0) is 51.5 Å². The van der Waals surface area contributed by atoms with Gasteiger partial charge >= 0.3 is 0 Å². The third-order valence-corrected chi connectivity index (χ3v) is 6.21. The maximum atomic E-state index is 4.82. The van der Waals surface area contributed by atoms with Crippen LogP contribution in [0, 0.1) is 6.92 Å². The number of aliphatic imine (C=N–C) groups is 1. The fourth-order valence-electron chi connectivity index (χ4n) is 3.31. The zero-order valence-electron chi connectivity index (χ0n) is 15.5. The molecule has 5 nitrogen and oxygen atoms in total. The monoisotopic (exact) mass is 359 g/mol. The van der Waals surface area contributed by atoms with Gasteiger partial charge in [0.05, 0.1) is 17.6 Å². The molecule has 1 aliphatic heterocycles. The number of aromatic nitrogens is 2. The highest BCUT2D eigenvalue weighted by molar-refractivity contribution is 8.00. The van der Waals surface area contributed by atoms with E-state index in [1.165, 1.54) is 24.1 Å². The SMILES string of the molecule is CCNC(=NCC1(C)CCCS1)NCCn1c(C)nc2ccccc21. The number of guanidine groups is 1. The number of benzene rings is 1. The lowest BCUT2D eigenvalue weighted by atomic mass is 10.1. The summed E-state index contributed by atoms with van der Waals surface area (Å²) in [7, 11) is 0.